The number of furan rings is 1. The Bertz CT molecular complexity index is 1810. The molecule has 0 spiro atoms. The number of benzene rings is 3. The molecule has 8 nitrogen and oxygen atoms in total. The number of anilines is 1. The SMILES string of the molecule is Cc1c(-c2cc(C(=O)[O-])c3c(O[C@@H](C)c4ccc(NS(C)(=O)=O)cc4)ccc(C)c3n2)oc2ccccc12.[Na+]. The Morgan fingerprint density at radius 3 is 2.38 bits per heavy atom. The van der Waals surface area contributed by atoms with Crippen molar-refractivity contribution in [2.45, 2.75) is 26.9 Å². The number of carboxylic acids is 1. The van der Waals surface area contributed by atoms with Gasteiger partial charge in [0.2, 0.25) is 10.0 Å². The molecule has 5 rings (SSSR count). The van der Waals surface area contributed by atoms with Gasteiger partial charge in [-0.3, -0.25) is 4.72 Å². The Hall–Kier alpha value is -3.37. The topological polar surface area (TPSA) is 122 Å². The predicted octanol–water partition coefficient (Wildman–Crippen LogP) is 2.14. The first-order valence-electron chi connectivity index (χ1n) is 11.9. The molecule has 0 aliphatic carbocycles. The monoisotopic (exact) mass is 552 g/mol. The summed E-state index contributed by atoms with van der Waals surface area (Å²) in [4.78, 5) is 17.1. The largest absolute Gasteiger partial charge is 1.00 e. The van der Waals surface area contributed by atoms with Crippen molar-refractivity contribution in [3.63, 3.8) is 0 Å². The second-order valence-electron chi connectivity index (χ2n) is 9.26. The number of aromatic carboxylic acids is 1. The van der Waals surface area contributed by atoms with Crippen LogP contribution < -0.4 is 44.1 Å². The number of ether oxygens (including phenoxy) is 1. The molecule has 0 radical (unpaired) electrons. The van der Waals surface area contributed by atoms with Crippen LogP contribution in [0.2, 0.25) is 0 Å². The van der Waals surface area contributed by atoms with Crippen LogP contribution in [-0.2, 0) is 10.0 Å². The Balaban J connectivity index is 0.00000353. The Morgan fingerprint density at radius 2 is 1.74 bits per heavy atom. The molecule has 0 amide bonds. The van der Waals surface area contributed by atoms with E-state index in [0.29, 0.717) is 39.4 Å². The van der Waals surface area contributed by atoms with E-state index >= 15 is 0 Å². The van der Waals surface area contributed by atoms with Gasteiger partial charge < -0.3 is 19.1 Å². The summed E-state index contributed by atoms with van der Waals surface area (Å²) in [6.07, 6.45) is 0.610. The fourth-order valence-corrected chi connectivity index (χ4v) is 5.10. The summed E-state index contributed by atoms with van der Waals surface area (Å²) in [6, 6.07) is 19.4. The zero-order chi connectivity index (χ0) is 27.2. The molecule has 0 unspecified atom stereocenters. The second kappa shape index (κ2) is 11.0. The summed E-state index contributed by atoms with van der Waals surface area (Å²) < 4.78 is 37.7. The van der Waals surface area contributed by atoms with Crippen LogP contribution in [-0.4, -0.2) is 25.6 Å². The van der Waals surface area contributed by atoms with Crippen LogP contribution >= 0.6 is 0 Å². The summed E-state index contributed by atoms with van der Waals surface area (Å²) >= 11 is 0. The number of rotatable bonds is 7. The smallest absolute Gasteiger partial charge is 0.545 e. The zero-order valence-corrected chi connectivity index (χ0v) is 25.0. The average molecular weight is 553 g/mol. The molecular weight excluding hydrogens is 527 g/mol. The van der Waals surface area contributed by atoms with Gasteiger partial charge in [-0.2, -0.15) is 0 Å². The van der Waals surface area contributed by atoms with Crippen LogP contribution in [0.1, 0.15) is 40.1 Å². The molecule has 0 bridgehead atoms. The van der Waals surface area contributed by atoms with Crippen LogP contribution in [0.4, 0.5) is 5.69 Å². The van der Waals surface area contributed by atoms with Gasteiger partial charge in [0.1, 0.15) is 23.1 Å². The minimum Gasteiger partial charge on any atom is -0.545 e. The van der Waals surface area contributed by atoms with Crippen LogP contribution in [0.25, 0.3) is 33.3 Å². The molecule has 0 saturated carbocycles. The van der Waals surface area contributed by atoms with E-state index in [-0.39, 0.29) is 35.1 Å². The summed E-state index contributed by atoms with van der Waals surface area (Å²) in [5.74, 6) is -0.514. The molecule has 194 valence electrons. The van der Waals surface area contributed by atoms with Gasteiger partial charge in [-0.25, -0.2) is 13.4 Å². The van der Waals surface area contributed by atoms with Gasteiger partial charge in [0.15, 0.2) is 5.76 Å². The third-order valence-electron chi connectivity index (χ3n) is 6.41. The Labute approximate surface area is 248 Å². The quantitative estimate of drug-likeness (QED) is 0.307. The molecule has 2 heterocycles. The van der Waals surface area contributed by atoms with E-state index in [9.17, 15) is 18.3 Å². The van der Waals surface area contributed by atoms with E-state index in [1.54, 1.807) is 30.3 Å². The molecule has 39 heavy (non-hydrogen) atoms. The number of para-hydroxylation sites is 1. The summed E-state index contributed by atoms with van der Waals surface area (Å²) in [7, 11) is -3.39. The zero-order valence-electron chi connectivity index (χ0n) is 22.2. The molecule has 0 fully saturated rings. The van der Waals surface area contributed by atoms with Gasteiger partial charge in [0.05, 0.1) is 23.1 Å². The average Bonchev–Trinajstić information content (AvgIpc) is 3.21. The van der Waals surface area contributed by atoms with Crippen molar-refractivity contribution in [3.8, 4) is 17.2 Å². The van der Waals surface area contributed by atoms with E-state index < -0.39 is 22.1 Å². The van der Waals surface area contributed by atoms with Crippen molar-refractivity contribution in [1.29, 1.82) is 0 Å². The summed E-state index contributed by atoms with van der Waals surface area (Å²) in [5.41, 5.74) is 4.35. The first kappa shape index (κ1) is 28.6. The molecule has 0 saturated heterocycles. The van der Waals surface area contributed by atoms with Gasteiger partial charge in [0.25, 0.3) is 0 Å². The predicted molar refractivity (Wildman–Crippen MR) is 145 cm³/mol. The number of hydrogen-bond donors (Lipinski definition) is 1. The molecular formula is C29H25N2NaO6S. The van der Waals surface area contributed by atoms with Crippen molar-refractivity contribution in [3.05, 3.63) is 89.0 Å². The molecule has 5 aromatic rings. The molecule has 2 aromatic heterocycles. The number of carbonyl (C=O) groups is 1. The Kier molecular flexibility index (Phi) is 8.09. The van der Waals surface area contributed by atoms with Gasteiger partial charge in [-0.05, 0) is 62.2 Å². The first-order valence-corrected chi connectivity index (χ1v) is 13.8. The fraction of sp³-hybridized carbons (Fsp3) is 0.172. The van der Waals surface area contributed by atoms with Gasteiger partial charge in [-0.15, -0.1) is 0 Å². The van der Waals surface area contributed by atoms with E-state index in [1.807, 2.05) is 51.1 Å². The maximum atomic E-state index is 12.3. The number of carboxylic acid groups (broad SMARTS) is 1. The van der Waals surface area contributed by atoms with Gasteiger partial charge in [-0.1, -0.05) is 36.4 Å². The van der Waals surface area contributed by atoms with Crippen LogP contribution in [0.5, 0.6) is 5.75 Å². The minimum atomic E-state index is -3.39. The maximum absolute atomic E-state index is 12.3. The van der Waals surface area contributed by atoms with E-state index in [0.717, 1.165) is 28.3 Å². The number of hydrogen-bond acceptors (Lipinski definition) is 7. The van der Waals surface area contributed by atoms with E-state index in [4.69, 9.17) is 14.1 Å². The molecule has 0 aliphatic rings. The molecule has 10 heteroatoms. The second-order valence-corrected chi connectivity index (χ2v) is 11.0. The van der Waals surface area contributed by atoms with Crippen LogP contribution in [0.15, 0.2) is 71.1 Å². The van der Waals surface area contributed by atoms with Gasteiger partial charge >= 0.3 is 29.6 Å². The van der Waals surface area contributed by atoms with Crippen LogP contribution in [0.3, 0.4) is 0 Å². The van der Waals surface area contributed by atoms with Crippen molar-refractivity contribution in [2.24, 2.45) is 0 Å². The summed E-state index contributed by atoms with van der Waals surface area (Å²) in [6.45, 7) is 5.59. The number of nitrogens with one attached hydrogen (secondary N) is 1. The summed E-state index contributed by atoms with van der Waals surface area (Å²) in [5, 5.41) is 13.6. The van der Waals surface area contributed by atoms with E-state index in [1.165, 1.54) is 6.07 Å². The normalized spacial score (nSPS) is 12.2. The number of nitrogens with zero attached hydrogens (tertiary/aromatic N) is 1. The van der Waals surface area contributed by atoms with Crippen molar-refractivity contribution < 1.29 is 57.0 Å². The Morgan fingerprint density at radius 1 is 1.05 bits per heavy atom. The first-order chi connectivity index (χ1) is 18.0. The van der Waals surface area contributed by atoms with Gasteiger partial charge in [0, 0.05) is 22.2 Å². The molecule has 1 N–H and O–H groups in total. The number of aromatic nitrogens is 1. The van der Waals surface area contributed by atoms with Crippen molar-refractivity contribution in [1.82, 2.24) is 4.98 Å². The third kappa shape index (κ3) is 5.81. The van der Waals surface area contributed by atoms with Crippen molar-refractivity contribution >= 4 is 43.6 Å². The van der Waals surface area contributed by atoms with E-state index in [2.05, 4.69) is 4.72 Å². The number of pyridine rings is 1. The number of fused-ring (bicyclic) bond motifs is 2. The number of carbonyl (C=O) groups excluding carboxylic acids is 1. The maximum Gasteiger partial charge on any atom is 1.00 e. The number of aryl methyl sites for hydroxylation is 2. The fourth-order valence-electron chi connectivity index (χ4n) is 4.53. The molecule has 0 aliphatic heterocycles. The third-order valence-corrected chi connectivity index (χ3v) is 7.01. The standard InChI is InChI=1S/C29H26N2O6S.Na/c1-16-9-14-25(36-18(3)19-10-12-20(13-11-19)31-38(4,34)35)26-22(29(32)33)15-23(30-27(16)26)28-17(2)21-7-5-6-8-24(21)37-28;/h5-15,18,31H,1-4H3,(H,32,33);/q;+1/p-1/t18-;/m0./s1. The number of sulfonamides is 1. The molecule has 1 atom stereocenters. The van der Waals surface area contributed by atoms with Crippen molar-refractivity contribution in [2.75, 3.05) is 11.0 Å². The molecule has 3 aromatic carbocycles. The van der Waals surface area contributed by atoms with Crippen LogP contribution in [0, 0.1) is 13.8 Å². The minimum absolute atomic E-state index is 0.